The molecule has 0 saturated heterocycles. The number of hydrogen-bond donors (Lipinski definition) is 4. The molecule has 6 fully saturated rings. The average Bonchev–Trinajstić information content (AvgIpc) is 3.64. The first-order valence-electron chi connectivity index (χ1n) is 22.3. The van der Waals surface area contributed by atoms with Gasteiger partial charge in [-0.1, -0.05) is 115 Å². The van der Waals surface area contributed by atoms with Gasteiger partial charge in [-0.05, 0) is 172 Å². The number of fused-ring (bicyclic) bond motifs is 2. The highest BCUT2D eigenvalue weighted by Crippen LogP contribution is 2.61. The maximum absolute atomic E-state index is 10.1. The fraction of sp³-hybridized carbons (Fsp3) is 0.760. The predicted octanol–water partition coefficient (Wildman–Crippen LogP) is 11.6. The molecule has 0 aromatic rings. The van der Waals surface area contributed by atoms with Crippen LogP contribution in [-0.4, -0.2) is 44.8 Å². The van der Waals surface area contributed by atoms with Gasteiger partial charge in [0, 0.05) is 0 Å². The largest absolute Gasteiger partial charge is 0.388 e. The Bertz CT molecular complexity index is 1300. The zero-order chi connectivity index (χ0) is 39.5. The van der Waals surface area contributed by atoms with E-state index in [1.165, 1.54) is 77.0 Å². The zero-order valence-electron chi connectivity index (χ0n) is 35.8. The van der Waals surface area contributed by atoms with E-state index >= 15 is 0 Å². The van der Waals surface area contributed by atoms with Gasteiger partial charge in [0.1, 0.15) is 0 Å². The van der Waals surface area contributed by atoms with Crippen LogP contribution in [0.5, 0.6) is 0 Å². The van der Waals surface area contributed by atoms with Crippen LogP contribution in [0.25, 0.3) is 0 Å². The molecule has 4 N–H and O–H groups in total. The normalized spacial score (nSPS) is 39.7. The van der Waals surface area contributed by atoms with Gasteiger partial charge in [0.05, 0.1) is 24.4 Å². The number of aliphatic hydroxyl groups excluding tert-OH is 4. The maximum Gasteiger partial charge on any atom is 0.0809 e. The van der Waals surface area contributed by atoms with Crippen LogP contribution in [0.1, 0.15) is 158 Å². The van der Waals surface area contributed by atoms with Crippen LogP contribution >= 0.6 is 0 Å². The number of hydrogen-bond acceptors (Lipinski definition) is 4. The minimum absolute atomic E-state index is 0.455. The third-order valence-electron chi connectivity index (χ3n) is 15.7. The van der Waals surface area contributed by atoms with Crippen molar-refractivity contribution in [1.82, 2.24) is 0 Å². The lowest BCUT2D eigenvalue weighted by molar-refractivity contribution is 0.0892. The summed E-state index contributed by atoms with van der Waals surface area (Å²) in [4.78, 5) is 0. The summed E-state index contributed by atoms with van der Waals surface area (Å²) in [6, 6.07) is 0. The molecule has 0 heterocycles. The second-order valence-corrected chi connectivity index (χ2v) is 20.6. The fourth-order valence-electron chi connectivity index (χ4n) is 13.1. The summed E-state index contributed by atoms with van der Waals surface area (Å²) in [6.45, 7) is 27.1. The van der Waals surface area contributed by atoms with E-state index in [9.17, 15) is 20.4 Å². The Morgan fingerprint density at radius 3 is 1.20 bits per heavy atom. The van der Waals surface area contributed by atoms with Crippen molar-refractivity contribution in [2.75, 3.05) is 0 Å². The first-order valence-corrected chi connectivity index (χ1v) is 22.3. The van der Waals surface area contributed by atoms with Gasteiger partial charge in [-0.3, -0.25) is 0 Å². The van der Waals surface area contributed by atoms with E-state index in [2.05, 4.69) is 92.9 Å². The molecule has 0 aliphatic heterocycles. The van der Waals surface area contributed by atoms with Gasteiger partial charge < -0.3 is 20.4 Å². The molecule has 0 aromatic heterocycles. The highest BCUT2D eigenvalue weighted by atomic mass is 16.3. The van der Waals surface area contributed by atoms with Gasteiger partial charge >= 0.3 is 0 Å². The predicted molar refractivity (Wildman–Crippen MR) is 227 cm³/mol. The van der Waals surface area contributed by atoms with Crippen LogP contribution in [0.4, 0.5) is 0 Å². The Morgan fingerprint density at radius 2 is 0.889 bits per heavy atom. The Hall–Kier alpha value is -1.72. The summed E-state index contributed by atoms with van der Waals surface area (Å²) in [6.07, 6.45) is 25.1. The van der Waals surface area contributed by atoms with Crippen molar-refractivity contribution in [1.29, 1.82) is 0 Å². The second kappa shape index (κ2) is 18.3. The lowest BCUT2D eigenvalue weighted by Gasteiger charge is -2.44. The lowest BCUT2D eigenvalue weighted by atomic mass is 9.60. The first kappa shape index (κ1) is 43.4. The number of rotatable bonds is 8. The fourth-order valence-corrected chi connectivity index (χ4v) is 13.1. The van der Waals surface area contributed by atoms with E-state index in [-0.39, 0.29) is 0 Å². The smallest absolute Gasteiger partial charge is 0.0809 e. The van der Waals surface area contributed by atoms with Crippen molar-refractivity contribution in [3.05, 3.63) is 70.9 Å². The molecule has 6 aliphatic carbocycles. The molecule has 0 aromatic carbocycles. The second-order valence-electron chi connectivity index (χ2n) is 20.6. The van der Waals surface area contributed by atoms with Gasteiger partial charge in [-0.2, -0.15) is 0 Å². The molecule has 0 bridgehead atoms. The van der Waals surface area contributed by atoms with Crippen molar-refractivity contribution in [2.24, 2.45) is 58.2 Å². The molecule has 0 amide bonds. The van der Waals surface area contributed by atoms with E-state index in [1.807, 2.05) is 0 Å². The Morgan fingerprint density at radius 1 is 0.556 bits per heavy atom. The highest BCUT2D eigenvalue weighted by molar-refractivity contribution is 5.31. The van der Waals surface area contributed by atoms with Crippen LogP contribution in [-0.2, 0) is 0 Å². The van der Waals surface area contributed by atoms with Crippen molar-refractivity contribution < 1.29 is 20.4 Å². The number of aliphatic hydroxyl groups is 4. The highest BCUT2D eigenvalue weighted by Gasteiger charge is 2.51. The molecule has 6 aliphatic rings. The van der Waals surface area contributed by atoms with Gasteiger partial charge in [-0.25, -0.2) is 0 Å². The first-order chi connectivity index (χ1) is 25.4. The lowest BCUT2D eigenvalue weighted by Crippen LogP contribution is -2.36. The Kier molecular flexibility index (Phi) is 14.7. The summed E-state index contributed by atoms with van der Waals surface area (Å²) >= 11 is 0. The summed E-state index contributed by atoms with van der Waals surface area (Å²) < 4.78 is 0. The Labute approximate surface area is 331 Å². The monoisotopic (exact) mass is 745 g/mol. The number of allylic oxidation sites excluding steroid dienone is 6. The third-order valence-corrected chi connectivity index (χ3v) is 15.7. The van der Waals surface area contributed by atoms with Crippen molar-refractivity contribution in [3.63, 3.8) is 0 Å². The van der Waals surface area contributed by atoms with E-state index in [1.54, 1.807) is 11.1 Å². The van der Waals surface area contributed by atoms with Crippen molar-refractivity contribution in [2.45, 2.75) is 183 Å². The molecule has 0 spiro atoms. The molecule has 4 unspecified atom stereocenters. The molecule has 6 saturated carbocycles. The van der Waals surface area contributed by atoms with Crippen LogP contribution in [0.15, 0.2) is 70.9 Å². The van der Waals surface area contributed by atoms with Crippen LogP contribution in [0, 0.1) is 58.2 Å². The topological polar surface area (TPSA) is 80.9 Å². The molecule has 0 radical (unpaired) electrons. The molecule has 6 rings (SSSR count). The van der Waals surface area contributed by atoms with Gasteiger partial charge in [0.15, 0.2) is 0 Å². The van der Waals surface area contributed by atoms with E-state index in [4.69, 9.17) is 0 Å². The Balaban J connectivity index is 0.000000208. The van der Waals surface area contributed by atoms with Gasteiger partial charge in [0.2, 0.25) is 0 Å². The SMILES string of the molecule is C=C1[C@H](O)CC(=C/C=C2\CCC[C@@]3(C)C2CCC3[C@@H](C)CC(C)C)C[C@H]1O.C=C1[C@H](O)CC(=C/C=C2\CCC[C@@]3(C)C2CCC3[C@H](C)CC(C)C)C[C@H]1O. The van der Waals surface area contributed by atoms with Gasteiger partial charge in [0.25, 0.3) is 0 Å². The van der Waals surface area contributed by atoms with Crippen LogP contribution in [0.2, 0.25) is 0 Å². The summed E-state index contributed by atoms with van der Waals surface area (Å²) in [5, 5.41) is 40.4. The molecular formula is C50H80O4. The van der Waals surface area contributed by atoms with Crippen LogP contribution < -0.4 is 0 Å². The molecule has 4 heteroatoms. The molecule has 4 nitrogen and oxygen atoms in total. The molecule has 12 atom stereocenters. The van der Waals surface area contributed by atoms with Gasteiger partial charge in [-0.15, -0.1) is 0 Å². The zero-order valence-corrected chi connectivity index (χ0v) is 35.8. The summed E-state index contributed by atoms with van der Waals surface area (Å²) in [5.74, 6) is 6.33. The maximum atomic E-state index is 10.1. The third kappa shape index (κ3) is 9.69. The van der Waals surface area contributed by atoms with E-state index < -0.39 is 24.4 Å². The molecule has 304 valence electrons. The minimum atomic E-state index is -0.595. The van der Waals surface area contributed by atoms with E-state index in [0.717, 1.165) is 58.5 Å². The van der Waals surface area contributed by atoms with Crippen molar-refractivity contribution in [3.8, 4) is 0 Å². The van der Waals surface area contributed by atoms with Crippen LogP contribution in [0.3, 0.4) is 0 Å². The minimum Gasteiger partial charge on any atom is -0.388 e. The summed E-state index contributed by atoms with van der Waals surface area (Å²) in [5.41, 5.74) is 7.60. The molecule has 54 heavy (non-hydrogen) atoms. The van der Waals surface area contributed by atoms with E-state index in [0.29, 0.717) is 47.7 Å². The average molecular weight is 745 g/mol. The summed E-state index contributed by atoms with van der Waals surface area (Å²) in [7, 11) is 0. The standard InChI is InChI=1S/2C25H40O2/c2*1-16(2)13-17(3)21-10-11-22-20(7-6-12-25(21,22)5)9-8-19-14-23(26)18(4)24(27)15-19/h2*8-9,16-17,21-24,26-27H,4,6-7,10-15H2,1-3,5H3/b2*20-9+/t17-,21?,22?,23+,24+,25+;17-,21?,22?,23-,24-,25-/m01/s1. The molecular weight excluding hydrogens is 665 g/mol. The quantitative estimate of drug-likeness (QED) is 0.187. The van der Waals surface area contributed by atoms with Crippen molar-refractivity contribution >= 4 is 0 Å².